The van der Waals surface area contributed by atoms with Crippen molar-refractivity contribution in [3.63, 3.8) is 0 Å². The minimum atomic E-state index is -1.84. The van der Waals surface area contributed by atoms with Crippen LogP contribution in [-0.2, 0) is 9.53 Å². The van der Waals surface area contributed by atoms with Gasteiger partial charge in [-0.25, -0.2) is 9.37 Å². The topological polar surface area (TPSA) is 142 Å². The van der Waals surface area contributed by atoms with E-state index >= 15 is 0 Å². The number of nitrogens with one attached hydrogen (secondary N) is 2. The summed E-state index contributed by atoms with van der Waals surface area (Å²) >= 11 is 0. The molecule has 1 fully saturated rings. The third-order valence-electron chi connectivity index (χ3n) is 3.95. The van der Waals surface area contributed by atoms with E-state index in [4.69, 9.17) is 9.84 Å². The molecule has 3 rings (SSSR count). The van der Waals surface area contributed by atoms with E-state index in [0.29, 0.717) is 0 Å². The van der Waals surface area contributed by atoms with Crippen LogP contribution in [0, 0.1) is 5.92 Å². The quantitative estimate of drug-likeness (QED) is 0.568. The Bertz CT molecular complexity index is 850. The summed E-state index contributed by atoms with van der Waals surface area (Å²) in [7, 11) is 0. The largest absolute Gasteiger partial charge is 0.394 e. The first-order chi connectivity index (χ1) is 11.8. The second-order valence-corrected chi connectivity index (χ2v) is 6.07. The van der Waals surface area contributed by atoms with Gasteiger partial charge in [-0.3, -0.25) is 24.5 Å². The molecular weight excluding hydrogens is 337 g/mol. The Kier molecular flexibility index (Phi) is 4.54. The van der Waals surface area contributed by atoms with E-state index < -0.39 is 36.8 Å². The van der Waals surface area contributed by atoms with Crippen molar-refractivity contribution < 1.29 is 24.1 Å². The minimum Gasteiger partial charge on any atom is -0.394 e. The molecule has 2 aromatic rings. The van der Waals surface area contributed by atoms with E-state index in [2.05, 4.69) is 20.3 Å². The lowest BCUT2D eigenvalue weighted by Gasteiger charge is -2.15. The van der Waals surface area contributed by atoms with Crippen LogP contribution >= 0.6 is 0 Å². The van der Waals surface area contributed by atoms with Crippen molar-refractivity contribution in [1.82, 2.24) is 19.5 Å². The zero-order chi connectivity index (χ0) is 18.3. The van der Waals surface area contributed by atoms with Crippen LogP contribution in [0.3, 0.4) is 0 Å². The molecule has 0 spiro atoms. The van der Waals surface area contributed by atoms with Crippen molar-refractivity contribution in [1.29, 1.82) is 0 Å². The van der Waals surface area contributed by atoms with Crippen molar-refractivity contribution in [2.45, 2.75) is 38.5 Å². The first-order valence-corrected chi connectivity index (χ1v) is 7.69. The van der Waals surface area contributed by atoms with Crippen molar-refractivity contribution in [3.8, 4) is 0 Å². The lowest BCUT2D eigenvalue weighted by molar-refractivity contribution is -0.118. The minimum absolute atomic E-state index is 0.0127. The van der Waals surface area contributed by atoms with Gasteiger partial charge in [0, 0.05) is 5.92 Å². The lowest BCUT2D eigenvalue weighted by Crippen LogP contribution is -2.30. The molecule has 0 saturated carbocycles. The Morgan fingerprint density at radius 3 is 2.88 bits per heavy atom. The number of alkyl halides is 1. The number of anilines is 1. The normalized spacial score (nSPS) is 26.5. The van der Waals surface area contributed by atoms with Crippen molar-refractivity contribution >= 4 is 23.0 Å². The number of aromatic nitrogens is 4. The lowest BCUT2D eigenvalue weighted by atomic mass is 10.1. The van der Waals surface area contributed by atoms with Gasteiger partial charge in [0.1, 0.15) is 12.2 Å². The molecule has 3 heterocycles. The number of aliphatic hydroxyl groups is 2. The number of H-pyrrole nitrogens is 1. The van der Waals surface area contributed by atoms with Crippen LogP contribution in [0.4, 0.5) is 10.3 Å². The summed E-state index contributed by atoms with van der Waals surface area (Å²) in [5.41, 5.74) is -0.697. The number of ether oxygens (including phenoxy) is 1. The molecule has 1 amide bonds. The van der Waals surface area contributed by atoms with E-state index in [1.165, 1.54) is 0 Å². The van der Waals surface area contributed by atoms with Gasteiger partial charge in [-0.15, -0.1) is 0 Å². The first kappa shape index (κ1) is 17.5. The van der Waals surface area contributed by atoms with Crippen LogP contribution in [0.25, 0.3) is 11.2 Å². The Morgan fingerprint density at radius 2 is 2.28 bits per heavy atom. The number of hydrogen-bond acceptors (Lipinski definition) is 7. The number of aliphatic hydroxyl groups excluding tert-OH is 2. The van der Waals surface area contributed by atoms with Crippen LogP contribution < -0.4 is 10.9 Å². The molecule has 2 aromatic heterocycles. The maximum atomic E-state index is 14.3. The van der Waals surface area contributed by atoms with Crippen LogP contribution in [0.15, 0.2) is 11.1 Å². The molecule has 25 heavy (non-hydrogen) atoms. The van der Waals surface area contributed by atoms with E-state index in [1.54, 1.807) is 13.8 Å². The highest BCUT2D eigenvalue weighted by Gasteiger charge is 2.45. The summed E-state index contributed by atoms with van der Waals surface area (Å²) in [5.74, 6) is -0.796. The molecule has 1 saturated heterocycles. The van der Waals surface area contributed by atoms with Gasteiger partial charge >= 0.3 is 0 Å². The highest BCUT2D eigenvalue weighted by molar-refractivity contribution is 5.91. The van der Waals surface area contributed by atoms with Gasteiger partial charge in [-0.1, -0.05) is 13.8 Å². The molecule has 136 valence electrons. The fraction of sp³-hybridized carbons (Fsp3) is 0.571. The smallest absolute Gasteiger partial charge is 0.280 e. The summed E-state index contributed by atoms with van der Waals surface area (Å²) in [6.07, 6.45) is -4.61. The SMILES string of the molecule is CC(C)C(=O)Nc1nc2c(ncn2[C@H]2O[C@@H](CO)[C@H](O)[C@@H]2F)c(=O)[nH]1. The molecule has 11 heteroatoms. The highest BCUT2D eigenvalue weighted by Crippen LogP contribution is 2.33. The molecular formula is C14H18FN5O5. The Labute approximate surface area is 140 Å². The molecule has 0 unspecified atom stereocenters. The standard InChI is InChI=1S/C14H18FN5O5/c1-5(2)11(23)18-14-17-10-8(12(24)19-14)16-4-20(10)13-7(15)9(22)6(3-21)25-13/h4-7,9,13,21-22H,3H2,1-2H3,(H2,17,18,19,23,24)/t6-,7-,9-,13-/m0/s1. The molecule has 0 bridgehead atoms. The second kappa shape index (κ2) is 6.50. The maximum absolute atomic E-state index is 14.3. The predicted octanol–water partition coefficient (Wildman–Crippen LogP) is -0.697. The summed E-state index contributed by atoms with van der Waals surface area (Å²) in [4.78, 5) is 34.2. The molecule has 0 aromatic carbocycles. The monoisotopic (exact) mass is 355 g/mol. The van der Waals surface area contributed by atoms with Gasteiger partial charge < -0.3 is 14.9 Å². The molecule has 1 aliphatic rings. The number of aromatic amines is 1. The average Bonchev–Trinajstić information content (AvgIpc) is 3.10. The molecule has 0 aliphatic carbocycles. The fourth-order valence-electron chi connectivity index (χ4n) is 2.51. The van der Waals surface area contributed by atoms with E-state index in [0.717, 1.165) is 10.9 Å². The number of amides is 1. The number of hydrogen-bond donors (Lipinski definition) is 4. The average molecular weight is 355 g/mol. The van der Waals surface area contributed by atoms with Crippen LogP contribution in [0.2, 0.25) is 0 Å². The van der Waals surface area contributed by atoms with Gasteiger partial charge in [-0.2, -0.15) is 4.98 Å². The zero-order valence-corrected chi connectivity index (χ0v) is 13.5. The Hall–Kier alpha value is -2.37. The number of nitrogens with zero attached hydrogens (tertiary/aromatic N) is 3. The van der Waals surface area contributed by atoms with E-state index in [-0.39, 0.29) is 28.9 Å². The second-order valence-electron chi connectivity index (χ2n) is 6.07. The Balaban J connectivity index is 2.01. The third kappa shape index (κ3) is 3.01. The van der Waals surface area contributed by atoms with Crippen molar-refractivity contribution in [2.24, 2.45) is 5.92 Å². The molecule has 10 nitrogen and oxygen atoms in total. The van der Waals surface area contributed by atoms with Gasteiger partial charge in [0.25, 0.3) is 5.56 Å². The highest BCUT2D eigenvalue weighted by atomic mass is 19.1. The van der Waals surface area contributed by atoms with Crippen LogP contribution in [0.5, 0.6) is 0 Å². The molecule has 4 atom stereocenters. The zero-order valence-electron chi connectivity index (χ0n) is 13.5. The van der Waals surface area contributed by atoms with Gasteiger partial charge in [0.05, 0.1) is 12.9 Å². The summed E-state index contributed by atoms with van der Waals surface area (Å²) in [6, 6.07) is 0. The van der Waals surface area contributed by atoms with Crippen LogP contribution in [0.1, 0.15) is 20.1 Å². The number of imidazole rings is 1. The number of rotatable bonds is 4. The fourth-order valence-corrected chi connectivity index (χ4v) is 2.51. The maximum Gasteiger partial charge on any atom is 0.280 e. The number of carbonyl (C=O) groups is 1. The van der Waals surface area contributed by atoms with Crippen LogP contribution in [-0.4, -0.2) is 60.6 Å². The van der Waals surface area contributed by atoms with E-state index in [9.17, 15) is 19.1 Å². The van der Waals surface area contributed by atoms with Crippen molar-refractivity contribution in [2.75, 3.05) is 11.9 Å². The third-order valence-corrected chi connectivity index (χ3v) is 3.95. The first-order valence-electron chi connectivity index (χ1n) is 7.69. The van der Waals surface area contributed by atoms with E-state index in [1.807, 2.05) is 0 Å². The van der Waals surface area contributed by atoms with Crippen molar-refractivity contribution in [3.05, 3.63) is 16.7 Å². The summed E-state index contributed by atoms with van der Waals surface area (Å²) in [5, 5.41) is 21.3. The Morgan fingerprint density at radius 1 is 1.56 bits per heavy atom. The number of fused-ring (bicyclic) bond motifs is 1. The molecule has 4 N–H and O–H groups in total. The van der Waals surface area contributed by atoms with Gasteiger partial charge in [0.2, 0.25) is 11.9 Å². The predicted molar refractivity (Wildman–Crippen MR) is 83.5 cm³/mol. The molecule has 0 radical (unpaired) electrons. The van der Waals surface area contributed by atoms with Gasteiger partial charge in [0.15, 0.2) is 23.6 Å². The summed E-state index contributed by atoms with van der Waals surface area (Å²) < 4.78 is 20.8. The summed E-state index contributed by atoms with van der Waals surface area (Å²) in [6.45, 7) is 2.79. The van der Waals surface area contributed by atoms with Gasteiger partial charge in [-0.05, 0) is 0 Å². The number of halogens is 1. The molecule has 1 aliphatic heterocycles. The number of carbonyl (C=O) groups excluding carboxylic acids is 1.